The molecule has 2 aromatic rings. The number of hydrogen-bond acceptors (Lipinski definition) is 4. The molecule has 0 saturated carbocycles. The van der Waals surface area contributed by atoms with Gasteiger partial charge < -0.3 is 0 Å². The third-order valence-corrected chi connectivity index (χ3v) is 3.61. The van der Waals surface area contributed by atoms with Crippen LogP contribution in [-0.2, 0) is 23.0 Å². The zero-order chi connectivity index (χ0) is 13.9. The second-order valence-electron chi connectivity index (χ2n) is 4.34. The highest BCUT2D eigenvalue weighted by atomic mass is 32.2. The third-order valence-electron chi connectivity index (χ3n) is 2.68. The maximum Gasteiger partial charge on any atom is 0.238 e. The van der Waals surface area contributed by atoms with E-state index >= 15 is 0 Å². The molecule has 0 radical (unpaired) electrons. The Morgan fingerprint density at radius 3 is 2.53 bits per heavy atom. The summed E-state index contributed by atoms with van der Waals surface area (Å²) in [6.45, 7) is 2.92. The second-order valence-corrected chi connectivity index (χ2v) is 5.90. The van der Waals surface area contributed by atoms with E-state index in [1.165, 1.54) is 12.1 Å². The van der Waals surface area contributed by atoms with Gasteiger partial charge in [0.05, 0.1) is 10.6 Å². The van der Waals surface area contributed by atoms with Crippen LogP contribution in [0, 0.1) is 0 Å². The van der Waals surface area contributed by atoms with Crippen LogP contribution in [0.15, 0.2) is 35.4 Å². The maximum atomic E-state index is 11.1. The lowest BCUT2D eigenvalue weighted by Gasteiger charge is -2.00. The monoisotopic (exact) mass is 280 g/mol. The lowest BCUT2D eigenvalue weighted by atomic mass is 10.1. The Morgan fingerprint density at radius 1 is 1.26 bits per heavy atom. The first-order valence-electron chi connectivity index (χ1n) is 6.00. The minimum Gasteiger partial charge on any atom is -0.252 e. The van der Waals surface area contributed by atoms with Crippen LogP contribution in [-0.4, -0.2) is 23.4 Å². The van der Waals surface area contributed by atoms with Crippen molar-refractivity contribution in [3.05, 3.63) is 41.7 Å². The molecule has 0 bridgehead atoms. The molecule has 0 amide bonds. The number of benzene rings is 1. The van der Waals surface area contributed by atoms with Gasteiger partial charge in [0, 0.05) is 19.2 Å². The van der Waals surface area contributed by atoms with Gasteiger partial charge in [-0.1, -0.05) is 24.3 Å². The van der Waals surface area contributed by atoms with Crippen molar-refractivity contribution in [2.75, 3.05) is 0 Å². The van der Waals surface area contributed by atoms with Crippen LogP contribution >= 0.6 is 0 Å². The fourth-order valence-corrected chi connectivity index (χ4v) is 2.28. The van der Waals surface area contributed by atoms with Gasteiger partial charge in [-0.2, -0.15) is 0 Å². The van der Waals surface area contributed by atoms with Crippen molar-refractivity contribution in [2.24, 2.45) is 5.14 Å². The number of aromatic nitrogens is 3. The van der Waals surface area contributed by atoms with Gasteiger partial charge in [-0.25, -0.2) is 13.6 Å². The molecule has 6 nitrogen and oxygen atoms in total. The fraction of sp³-hybridized carbons (Fsp3) is 0.333. The zero-order valence-electron chi connectivity index (χ0n) is 10.7. The van der Waals surface area contributed by atoms with Crippen LogP contribution in [0.25, 0.3) is 0 Å². The number of primary sulfonamides is 1. The highest BCUT2D eigenvalue weighted by molar-refractivity contribution is 7.89. The van der Waals surface area contributed by atoms with Crippen molar-refractivity contribution in [1.82, 2.24) is 15.0 Å². The molecule has 1 aromatic carbocycles. The van der Waals surface area contributed by atoms with Crippen LogP contribution in [0.4, 0.5) is 0 Å². The Morgan fingerprint density at radius 2 is 1.95 bits per heavy atom. The molecule has 0 aliphatic carbocycles. The standard InChI is InChI=1S/C12H16N4O2S/c1-2-7-16-9-11(14-15-16)8-10-3-5-12(6-4-10)19(13,17)18/h3-6,9H,2,7-8H2,1H3,(H2,13,17,18). The van der Waals surface area contributed by atoms with Crippen LogP contribution in [0.3, 0.4) is 0 Å². The van der Waals surface area contributed by atoms with Crippen molar-refractivity contribution in [1.29, 1.82) is 0 Å². The molecule has 19 heavy (non-hydrogen) atoms. The van der Waals surface area contributed by atoms with E-state index in [1.807, 2.05) is 6.20 Å². The predicted molar refractivity (Wildman–Crippen MR) is 70.9 cm³/mol. The maximum absolute atomic E-state index is 11.1. The summed E-state index contributed by atoms with van der Waals surface area (Å²) < 4.78 is 24.1. The molecule has 1 heterocycles. The average Bonchev–Trinajstić information content (AvgIpc) is 2.77. The Kier molecular flexibility index (Phi) is 3.96. The molecule has 1 aromatic heterocycles. The SMILES string of the molecule is CCCn1cc(Cc2ccc(S(N)(=O)=O)cc2)nn1. The van der Waals surface area contributed by atoms with Crippen LogP contribution in [0.5, 0.6) is 0 Å². The quantitative estimate of drug-likeness (QED) is 0.882. The van der Waals surface area contributed by atoms with Crippen LogP contribution < -0.4 is 5.14 Å². The first-order chi connectivity index (χ1) is 8.99. The second kappa shape index (κ2) is 5.50. The molecule has 0 fully saturated rings. The Labute approximate surface area is 112 Å². The predicted octanol–water partition coefficient (Wildman–Crippen LogP) is 0.926. The Balaban J connectivity index is 2.10. The average molecular weight is 280 g/mol. The van der Waals surface area contributed by atoms with Crippen molar-refractivity contribution in [3.63, 3.8) is 0 Å². The first kappa shape index (κ1) is 13.7. The van der Waals surface area contributed by atoms with E-state index in [4.69, 9.17) is 5.14 Å². The minimum absolute atomic E-state index is 0.117. The normalized spacial score (nSPS) is 11.7. The van der Waals surface area contributed by atoms with E-state index in [1.54, 1.807) is 16.8 Å². The van der Waals surface area contributed by atoms with E-state index in [9.17, 15) is 8.42 Å². The van der Waals surface area contributed by atoms with Gasteiger partial charge in [0.1, 0.15) is 0 Å². The van der Waals surface area contributed by atoms with E-state index < -0.39 is 10.0 Å². The summed E-state index contributed by atoms with van der Waals surface area (Å²) in [7, 11) is -3.63. The van der Waals surface area contributed by atoms with Gasteiger partial charge >= 0.3 is 0 Å². The molecule has 0 spiro atoms. The first-order valence-corrected chi connectivity index (χ1v) is 7.54. The summed E-state index contributed by atoms with van der Waals surface area (Å²) in [6, 6.07) is 6.47. The molecule has 0 atom stereocenters. The van der Waals surface area contributed by atoms with Crippen molar-refractivity contribution in [3.8, 4) is 0 Å². The number of nitrogens with zero attached hydrogens (tertiary/aromatic N) is 3. The Bertz CT molecular complexity index is 647. The summed E-state index contributed by atoms with van der Waals surface area (Å²) in [5, 5.41) is 13.1. The van der Waals surface area contributed by atoms with Crippen LogP contribution in [0.2, 0.25) is 0 Å². The van der Waals surface area contributed by atoms with Gasteiger partial charge in [-0.15, -0.1) is 5.10 Å². The molecular formula is C12H16N4O2S. The highest BCUT2D eigenvalue weighted by Gasteiger charge is 2.07. The molecule has 2 rings (SSSR count). The minimum atomic E-state index is -3.63. The molecule has 0 saturated heterocycles. The topological polar surface area (TPSA) is 90.9 Å². The number of sulfonamides is 1. The summed E-state index contributed by atoms with van der Waals surface area (Å²) >= 11 is 0. The van der Waals surface area contributed by atoms with Crippen LogP contribution in [0.1, 0.15) is 24.6 Å². The van der Waals surface area contributed by atoms with E-state index in [0.29, 0.717) is 6.42 Å². The molecular weight excluding hydrogens is 264 g/mol. The molecule has 7 heteroatoms. The van der Waals surface area contributed by atoms with Crippen molar-refractivity contribution in [2.45, 2.75) is 31.2 Å². The van der Waals surface area contributed by atoms with E-state index in [0.717, 1.165) is 24.2 Å². The number of rotatable bonds is 5. The summed E-state index contributed by atoms with van der Waals surface area (Å²) in [5.41, 5.74) is 1.83. The molecule has 0 aliphatic heterocycles. The Hall–Kier alpha value is -1.73. The lowest BCUT2D eigenvalue weighted by Crippen LogP contribution is -2.11. The lowest BCUT2D eigenvalue weighted by molar-refractivity contribution is 0.579. The smallest absolute Gasteiger partial charge is 0.238 e. The summed E-state index contributed by atoms with van der Waals surface area (Å²) in [6.07, 6.45) is 3.53. The summed E-state index contributed by atoms with van der Waals surface area (Å²) in [4.78, 5) is 0.117. The van der Waals surface area contributed by atoms with Gasteiger partial charge in [-0.05, 0) is 24.1 Å². The molecule has 2 N–H and O–H groups in total. The highest BCUT2D eigenvalue weighted by Crippen LogP contribution is 2.11. The van der Waals surface area contributed by atoms with Crippen molar-refractivity contribution < 1.29 is 8.42 Å². The van der Waals surface area contributed by atoms with Gasteiger partial charge in [-0.3, -0.25) is 4.68 Å². The fourth-order valence-electron chi connectivity index (χ4n) is 1.76. The van der Waals surface area contributed by atoms with Gasteiger partial charge in [0.15, 0.2) is 0 Å². The summed E-state index contributed by atoms with van der Waals surface area (Å²) in [5.74, 6) is 0. The van der Waals surface area contributed by atoms with Gasteiger partial charge in [0.25, 0.3) is 0 Å². The third kappa shape index (κ3) is 3.62. The van der Waals surface area contributed by atoms with E-state index in [-0.39, 0.29) is 4.90 Å². The van der Waals surface area contributed by atoms with E-state index in [2.05, 4.69) is 17.2 Å². The number of nitrogens with two attached hydrogens (primary N) is 1. The zero-order valence-corrected chi connectivity index (χ0v) is 11.5. The number of hydrogen-bond donors (Lipinski definition) is 1. The number of aryl methyl sites for hydroxylation is 1. The molecule has 0 aliphatic rings. The largest absolute Gasteiger partial charge is 0.252 e. The van der Waals surface area contributed by atoms with Gasteiger partial charge in [0.2, 0.25) is 10.0 Å². The molecule has 102 valence electrons. The van der Waals surface area contributed by atoms with Crippen molar-refractivity contribution >= 4 is 10.0 Å². The molecule has 0 unspecified atom stereocenters.